The van der Waals surface area contributed by atoms with E-state index < -0.39 is 0 Å². The maximum Gasteiger partial charge on any atom is 0.274 e. The van der Waals surface area contributed by atoms with E-state index in [0.29, 0.717) is 36.3 Å². The molecule has 4 heterocycles. The molecule has 38 heavy (non-hydrogen) atoms. The molecule has 1 aromatic carbocycles. The van der Waals surface area contributed by atoms with Gasteiger partial charge in [0.05, 0.1) is 13.2 Å². The number of amides is 1. The molecule has 2 aliphatic heterocycles. The molecule has 1 atom stereocenters. The van der Waals surface area contributed by atoms with Crippen molar-refractivity contribution in [3.8, 4) is 0 Å². The van der Waals surface area contributed by atoms with Crippen molar-refractivity contribution < 1.29 is 9.53 Å². The number of likely N-dealkylation sites (tertiary alicyclic amines) is 1. The van der Waals surface area contributed by atoms with Gasteiger partial charge in [-0.3, -0.25) is 9.69 Å². The number of aromatic nitrogens is 4. The third kappa shape index (κ3) is 4.43. The number of carbonyl (C=O) groups is 1. The van der Waals surface area contributed by atoms with Gasteiger partial charge >= 0.3 is 0 Å². The highest BCUT2D eigenvalue weighted by Gasteiger charge is 2.48. The van der Waals surface area contributed by atoms with Crippen LogP contribution in [-0.4, -0.2) is 56.9 Å². The Kier molecular flexibility index (Phi) is 5.67. The number of aryl methyl sites for hydroxylation is 1. The van der Waals surface area contributed by atoms with Crippen molar-refractivity contribution in [2.45, 2.75) is 62.8 Å². The van der Waals surface area contributed by atoms with E-state index in [1.54, 1.807) is 6.33 Å². The van der Waals surface area contributed by atoms with Gasteiger partial charge in [-0.05, 0) is 86.4 Å². The standard InChI is InChI=1S/C30H36N6O2/c1-20(36-11-10-29(16-36)8-9-29)22-12-25(21-6-7-21)33-26(13-22)28(37)32-24-5-3-4-23(14-24)30(17-38-18-30)15-27-34-31-19-35(27)2/h3-5,12-14,19-21H,6-11,15-18H2,1-2H3,(H,32,37). The Hall–Kier alpha value is -3.10. The lowest BCUT2D eigenvalue weighted by molar-refractivity contribution is -0.0610. The second kappa shape index (κ2) is 8.99. The van der Waals surface area contributed by atoms with Crippen molar-refractivity contribution in [3.63, 3.8) is 0 Å². The molecule has 1 unspecified atom stereocenters. The number of benzene rings is 1. The Morgan fingerprint density at radius 2 is 2.03 bits per heavy atom. The molecule has 2 saturated carbocycles. The Morgan fingerprint density at radius 1 is 1.18 bits per heavy atom. The Bertz CT molecular complexity index is 1370. The van der Waals surface area contributed by atoms with Crippen molar-refractivity contribution in [3.05, 3.63) is 71.1 Å². The third-order valence-corrected chi connectivity index (χ3v) is 9.34. The molecule has 4 aliphatic rings. The maximum atomic E-state index is 13.5. The van der Waals surface area contributed by atoms with Crippen molar-refractivity contribution in [2.24, 2.45) is 12.5 Å². The van der Waals surface area contributed by atoms with E-state index in [9.17, 15) is 4.79 Å². The molecule has 198 valence electrons. The maximum absolute atomic E-state index is 13.5. The second-order valence-corrected chi connectivity index (χ2v) is 12.2. The molecule has 4 fully saturated rings. The smallest absolute Gasteiger partial charge is 0.274 e. The van der Waals surface area contributed by atoms with Crippen molar-refractivity contribution in [2.75, 3.05) is 31.6 Å². The molecule has 8 nitrogen and oxygen atoms in total. The number of nitrogens with one attached hydrogen (secondary N) is 1. The van der Waals surface area contributed by atoms with E-state index in [4.69, 9.17) is 9.72 Å². The molecule has 1 N–H and O–H groups in total. The first-order valence-corrected chi connectivity index (χ1v) is 14.0. The van der Waals surface area contributed by atoms with Crippen LogP contribution < -0.4 is 5.32 Å². The van der Waals surface area contributed by atoms with Gasteiger partial charge in [-0.2, -0.15) is 0 Å². The van der Waals surface area contributed by atoms with Crippen molar-refractivity contribution in [1.29, 1.82) is 0 Å². The molecule has 0 bridgehead atoms. The van der Waals surface area contributed by atoms with Crippen LogP contribution in [0.3, 0.4) is 0 Å². The topological polar surface area (TPSA) is 85.2 Å². The summed E-state index contributed by atoms with van der Waals surface area (Å²) in [5.41, 5.74) is 5.14. The summed E-state index contributed by atoms with van der Waals surface area (Å²) < 4.78 is 7.60. The van der Waals surface area contributed by atoms with Gasteiger partial charge < -0.3 is 14.6 Å². The second-order valence-electron chi connectivity index (χ2n) is 12.2. The molecule has 1 amide bonds. The van der Waals surface area contributed by atoms with Crippen LogP contribution in [0.15, 0.2) is 42.7 Å². The first-order valence-electron chi connectivity index (χ1n) is 14.0. The van der Waals surface area contributed by atoms with E-state index in [2.05, 4.69) is 45.5 Å². The lowest BCUT2D eigenvalue weighted by atomic mass is 9.75. The summed E-state index contributed by atoms with van der Waals surface area (Å²) in [5, 5.41) is 11.5. The highest BCUT2D eigenvalue weighted by molar-refractivity contribution is 6.03. The van der Waals surface area contributed by atoms with Gasteiger partial charge in [0.25, 0.3) is 5.91 Å². The van der Waals surface area contributed by atoms with Gasteiger partial charge in [0, 0.05) is 48.8 Å². The summed E-state index contributed by atoms with van der Waals surface area (Å²) in [7, 11) is 1.96. The largest absolute Gasteiger partial charge is 0.379 e. The molecule has 0 radical (unpaired) electrons. The normalized spacial score (nSPS) is 22.3. The van der Waals surface area contributed by atoms with Crippen molar-refractivity contribution >= 4 is 11.6 Å². The van der Waals surface area contributed by atoms with Gasteiger partial charge in [-0.25, -0.2) is 4.98 Å². The molecule has 3 aromatic rings. The van der Waals surface area contributed by atoms with Crippen LogP contribution in [0.5, 0.6) is 0 Å². The third-order valence-electron chi connectivity index (χ3n) is 9.34. The predicted molar refractivity (Wildman–Crippen MR) is 144 cm³/mol. The van der Waals surface area contributed by atoms with Crippen LogP contribution >= 0.6 is 0 Å². The minimum Gasteiger partial charge on any atom is -0.379 e. The Balaban J connectivity index is 1.12. The van der Waals surface area contributed by atoms with Crippen molar-refractivity contribution in [1.82, 2.24) is 24.6 Å². The molecule has 8 heteroatoms. The van der Waals surface area contributed by atoms with Crippen LogP contribution in [-0.2, 0) is 23.6 Å². The summed E-state index contributed by atoms with van der Waals surface area (Å²) in [6.45, 7) is 5.87. The van der Waals surface area contributed by atoms with Crippen LogP contribution in [0.25, 0.3) is 0 Å². The predicted octanol–water partition coefficient (Wildman–Crippen LogP) is 4.40. The average Bonchev–Trinajstić information content (AvgIpc) is 3.80. The fourth-order valence-corrected chi connectivity index (χ4v) is 6.23. The number of pyridine rings is 1. The molecular weight excluding hydrogens is 476 g/mol. The van der Waals surface area contributed by atoms with E-state index in [-0.39, 0.29) is 11.3 Å². The summed E-state index contributed by atoms with van der Waals surface area (Å²) in [6, 6.07) is 12.7. The van der Waals surface area contributed by atoms with Crippen LogP contribution in [0, 0.1) is 5.41 Å². The van der Waals surface area contributed by atoms with Gasteiger partial charge in [0.1, 0.15) is 17.8 Å². The lowest BCUT2D eigenvalue weighted by Crippen LogP contribution is -2.49. The summed E-state index contributed by atoms with van der Waals surface area (Å²) in [6.07, 6.45) is 8.85. The number of rotatable bonds is 8. The SMILES string of the molecule is CC(c1cc(C(=O)Nc2cccc(C3(Cc4nncn4C)COC3)c2)nc(C2CC2)c1)N1CCC2(CC2)C1. The summed E-state index contributed by atoms with van der Waals surface area (Å²) >= 11 is 0. The molecule has 7 rings (SSSR count). The van der Waals surface area contributed by atoms with Crippen LogP contribution in [0.4, 0.5) is 5.69 Å². The summed E-state index contributed by atoms with van der Waals surface area (Å²) in [4.78, 5) is 21.0. The van der Waals surface area contributed by atoms with Crippen LogP contribution in [0.2, 0.25) is 0 Å². The summed E-state index contributed by atoms with van der Waals surface area (Å²) in [5.74, 6) is 1.27. The lowest BCUT2D eigenvalue weighted by Gasteiger charge is -2.41. The number of carbonyl (C=O) groups excluding carboxylic acids is 1. The minimum absolute atomic E-state index is 0.148. The Morgan fingerprint density at radius 3 is 2.68 bits per heavy atom. The molecule has 2 saturated heterocycles. The fraction of sp³-hybridized carbons (Fsp3) is 0.533. The van der Waals surface area contributed by atoms with Gasteiger partial charge in [-0.1, -0.05) is 12.1 Å². The number of anilines is 1. The van der Waals surface area contributed by atoms with Gasteiger partial charge in [-0.15, -0.1) is 10.2 Å². The zero-order valence-electron chi connectivity index (χ0n) is 22.3. The molecule has 2 aromatic heterocycles. The van der Waals surface area contributed by atoms with Gasteiger partial charge in [0.15, 0.2) is 0 Å². The van der Waals surface area contributed by atoms with E-state index in [1.165, 1.54) is 31.4 Å². The van der Waals surface area contributed by atoms with E-state index >= 15 is 0 Å². The number of hydrogen-bond donors (Lipinski definition) is 1. The average molecular weight is 513 g/mol. The number of ether oxygens (including phenoxy) is 1. The zero-order valence-corrected chi connectivity index (χ0v) is 22.3. The van der Waals surface area contributed by atoms with Gasteiger partial charge in [0.2, 0.25) is 0 Å². The number of nitrogens with zero attached hydrogens (tertiary/aromatic N) is 5. The van der Waals surface area contributed by atoms with Crippen LogP contribution in [0.1, 0.15) is 84.1 Å². The highest BCUT2D eigenvalue weighted by atomic mass is 16.5. The first kappa shape index (κ1) is 24.0. The highest BCUT2D eigenvalue weighted by Crippen LogP contribution is 2.54. The fourth-order valence-electron chi connectivity index (χ4n) is 6.23. The molecule has 2 aliphatic carbocycles. The molecular formula is C30H36N6O2. The minimum atomic E-state index is -0.164. The first-order chi connectivity index (χ1) is 18.4. The number of hydrogen-bond acceptors (Lipinski definition) is 6. The quantitative estimate of drug-likeness (QED) is 0.482. The van der Waals surface area contributed by atoms with E-state index in [1.807, 2.05) is 29.8 Å². The zero-order chi connectivity index (χ0) is 25.9. The monoisotopic (exact) mass is 512 g/mol. The molecule has 1 spiro atoms. The Labute approximate surface area is 223 Å². The van der Waals surface area contributed by atoms with E-state index in [0.717, 1.165) is 48.6 Å².